The molecule has 6 heavy (non-hydrogen) atoms. The summed E-state index contributed by atoms with van der Waals surface area (Å²) in [6, 6.07) is 0. The fourth-order valence-corrected chi connectivity index (χ4v) is 0. The van der Waals surface area contributed by atoms with E-state index in [1.54, 1.807) is 0 Å². The summed E-state index contributed by atoms with van der Waals surface area (Å²) in [4.78, 5) is 0. The first-order valence-electron chi connectivity index (χ1n) is 0.617. The molecule has 6 heteroatoms. The van der Waals surface area contributed by atoms with Crippen molar-refractivity contribution in [3.8, 4) is 0 Å². The molecule has 0 bridgehead atoms. The van der Waals surface area contributed by atoms with Crippen molar-refractivity contribution in [2.75, 3.05) is 0 Å². The van der Waals surface area contributed by atoms with Crippen LogP contribution in [0.5, 0.6) is 0 Å². The number of rotatable bonds is 0. The molecule has 0 aromatic carbocycles. The molecule has 0 atom stereocenters. The van der Waals surface area contributed by atoms with Crippen molar-refractivity contribution >= 4 is 53.2 Å². The fraction of sp³-hybridized carbons (Fsp3) is 0. The summed E-state index contributed by atoms with van der Waals surface area (Å²) in [7, 11) is -1.77. The van der Waals surface area contributed by atoms with Gasteiger partial charge in [0.15, 0.2) is 0 Å². The van der Waals surface area contributed by atoms with Gasteiger partial charge in [0.05, 0.1) is 0 Å². The van der Waals surface area contributed by atoms with Gasteiger partial charge in [-0.05, 0) is 0 Å². The summed E-state index contributed by atoms with van der Waals surface area (Å²) in [5.41, 5.74) is 0. The van der Waals surface area contributed by atoms with Gasteiger partial charge in [-0.1, -0.05) is 0 Å². The molecule has 0 saturated heterocycles. The van der Waals surface area contributed by atoms with Crippen LogP contribution in [0.2, 0.25) is 0 Å². The van der Waals surface area contributed by atoms with Gasteiger partial charge in [0.1, 0.15) is 0 Å². The third kappa shape index (κ3) is 30.9. The molecule has 0 aromatic heterocycles. The van der Waals surface area contributed by atoms with Crippen molar-refractivity contribution in [2.45, 2.75) is 0 Å². The van der Waals surface area contributed by atoms with Crippen molar-refractivity contribution < 1.29 is 13.3 Å². The van der Waals surface area contributed by atoms with Gasteiger partial charge >= 0.3 is 61.0 Å². The zero-order valence-corrected chi connectivity index (χ0v) is 10.8. The maximum absolute atomic E-state index is 3.32. The molecule has 0 fully saturated rings. The summed E-state index contributed by atoms with van der Waals surface area (Å²) in [5, 5.41) is 0. The van der Waals surface area contributed by atoms with E-state index in [2.05, 4.69) is 53.2 Å². The van der Waals surface area contributed by atoms with E-state index >= 15 is 0 Å². The fourth-order valence-electron chi connectivity index (χ4n) is 0. The number of hydrogen-bond acceptors (Lipinski definition) is 0. The Morgan fingerprint density at radius 1 is 0.833 bits per heavy atom. The monoisotopic (exact) mass is 432 g/mol. The van der Waals surface area contributed by atoms with E-state index in [9.17, 15) is 0 Å². The van der Waals surface area contributed by atoms with Gasteiger partial charge in [-0.15, -0.1) is 0 Å². The van der Waals surface area contributed by atoms with Crippen LogP contribution in [0.25, 0.3) is 0 Å². The predicted octanol–water partition coefficient (Wildman–Crippen LogP) is 2.56. The molecular weight excluding hydrogens is 432 g/mol. The Morgan fingerprint density at radius 2 is 0.833 bits per heavy atom. The average molecular weight is 434 g/mol. The van der Waals surface area contributed by atoms with Gasteiger partial charge < -0.3 is 5.48 Å². The van der Waals surface area contributed by atoms with Crippen LogP contribution < -0.4 is 0 Å². The van der Waals surface area contributed by atoms with Crippen LogP contribution in [-0.2, 0) is 7.84 Å². The summed E-state index contributed by atoms with van der Waals surface area (Å²) in [6.45, 7) is 0. The normalized spacial score (nSPS) is 12.7. The third-order valence-corrected chi connectivity index (χ3v) is 0. The molecule has 0 heterocycles. The molecule has 42 valence electrons. The molecule has 1 nitrogen and oxygen atoms in total. The Bertz CT molecular complexity index is 23.0. The van der Waals surface area contributed by atoms with Crippen LogP contribution in [-0.4, -0.2) is 5.48 Å². The van der Waals surface area contributed by atoms with Crippen LogP contribution in [0.15, 0.2) is 0 Å². The molecule has 0 aliphatic carbocycles. The minimum absolute atomic E-state index is 0. The maximum atomic E-state index is 3.32. The van der Waals surface area contributed by atoms with E-state index in [1.807, 2.05) is 0 Å². The first-order valence-corrected chi connectivity index (χ1v) is 19.0. The molecule has 2 N–H and O–H groups in total. The first-order chi connectivity index (χ1) is 2.00. The standard InChI is InChI=1S/4BrH.Mo.H2O/h4*1H;;1H2/q;;;;+4;/p-4. The SMILES string of the molecule is O.[Br][Mo]([Br])([Br])[Br]. The van der Waals surface area contributed by atoms with E-state index in [-0.39, 0.29) is 5.48 Å². The van der Waals surface area contributed by atoms with E-state index in [1.165, 1.54) is 0 Å². The van der Waals surface area contributed by atoms with Crippen molar-refractivity contribution in [2.24, 2.45) is 0 Å². The Labute approximate surface area is 65.3 Å². The zero-order valence-electron chi connectivity index (χ0n) is 2.42. The second-order valence-electron chi connectivity index (χ2n) is 0.350. The molecule has 0 amide bonds. The molecule has 0 aliphatic rings. The van der Waals surface area contributed by atoms with E-state index in [4.69, 9.17) is 0 Å². The quantitative estimate of drug-likeness (QED) is 0.526. The zero-order chi connectivity index (χ0) is 4.50. The van der Waals surface area contributed by atoms with Crippen molar-refractivity contribution in [1.29, 1.82) is 0 Å². The third-order valence-electron chi connectivity index (χ3n) is 0. The number of hydrogen-bond donors (Lipinski definition) is 0. The van der Waals surface area contributed by atoms with Crippen molar-refractivity contribution in [1.82, 2.24) is 0 Å². The predicted molar refractivity (Wildman–Crippen MR) is 39.3 cm³/mol. The van der Waals surface area contributed by atoms with Gasteiger partial charge in [0.25, 0.3) is 0 Å². The van der Waals surface area contributed by atoms with Crippen LogP contribution in [0.4, 0.5) is 0 Å². The minimum atomic E-state index is -1.77. The summed E-state index contributed by atoms with van der Waals surface area (Å²) in [6.07, 6.45) is 0. The summed E-state index contributed by atoms with van der Waals surface area (Å²) >= 11 is 13.3. The van der Waals surface area contributed by atoms with E-state index < -0.39 is 7.84 Å². The molecule has 0 aliphatic heterocycles. The Hall–Kier alpha value is 2.57. The number of halogens is 4. The Balaban J connectivity index is 0. The second-order valence-corrected chi connectivity index (χ2v) is 55.9. The van der Waals surface area contributed by atoms with E-state index in [0.717, 1.165) is 0 Å². The molecule has 0 aromatic rings. The van der Waals surface area contributed by atoms with Crippen LogP contribution >= 0.6 is 53.2 Å². The molecular formula is H2Br4MoO. The molecule has 0 rings (SSSR count). The summed E-state index contributed by atoms with van der Waals surface area (Å²) < 4.78 is 0. The Kier molecular flexibility index (Phi) is 8.43. The summed E-state index contributed by atoms with van der Waals surface area (Å²) in [5.74, 6) is 0. The molecule has 0 radical (unpaired) electrons. The average Bonchev–Trinajstić information content (AvgIpc) is 0.722. The van der Waals surface area contributed by atoms with Gasteiger partial charge in [-0.2, -0.15) is 0 Å². The van der Waals surface area contributed by atoms with Gasteiger partial charge in [-0.3, -0.25) is 0 Å². The van der Waals surface area contributed by atoms with Gasteiger partial charge in [-0.25, -0.2) is 0 Å². The van der Waals surface area contributed by atoms with Crippen LogP contribution in [0.3, 0.4) is 0 Å². The van der Waals surface area contributed by atoms with Gasteiger partial charge in [0, 0.05) is 0 Å². The molecule has 0 spiro atoms. The van der Waals surface area contributed by atoms with Crippen LogP contribution in [0, 0.1) is 0 Å². The molecule has 0 saturated carbocycles. The van der Waals surface area contributed by atoms with Crippen LogP contribution in [0.1, 0.15) is 0 Å². The van der Waals surface area contributed by atoms with Crippen molar-refractivity contribution in [3.63, 3.8) is 0 Å². The molecule has 0 unspecified atom stereocenters. The second kappa shape index (κ2) is 4.45. The van der Waals surface area contributed by atoms with Gasteiger partial charge in [0.2, 0.25) is 0 Å². The first kappa shape index (κ1) is 11.4. The topological polar surface area (TPSA) is 31.5 Å². The Morgan fingerprint density at radius 3 is 0.833 bits per heavy atom. The van der Waals surface area contributed by atoms with Crippen molar-refractivity contribution in [3.05, 3.63) is 0 Å². The van der Waals surface area contributed by atoms with E-state index in [0.29, 0.717) is 0 Å².